The van der Waals surface area contributed by atoms with Crippen LogP contribution in [0.2, 0.25) is 0 Å². The zero-order valence-electron chi connectivity index (χ0n) is 10.7. The van der Waals surface area contributed by atoms with E-state index in [1.165, 1.54) is 12.1 Å². The van der Waals surface area contributed by atoms with Crippen LogP contribution in [0.3, 0.4) is 0 Å². The molecule has 0 radical (unpaired) electrons. The minimum absolute atomic E-state index is 0.291. The van der Waals surface area contributed by atoms with E-state index < -0.39 is 11.6 Å². The number of hydrogen-bond donors (Lipinski definition) is 1. The topological polar surface area (TPSA) is 43.8 Å². The van der Waals surface area contributed by atoms with Crippen molar-refractivity contribution in [1.82, 2.24) is 9.55 Å². The predicted molar refractivity (Wildman–Crippen MR) is 73.1 cm³/mol. The molecule has 5 heteroatoms. The van der Waals surface area contributed by atoms with E-state index >= 15 is 0 Å². The second-order valence-electron chi connectivity index (χ2n) is 4.60. The molecule has 3 rings (SSSR count). The molecule has 2 heterocycles. The fourth-order valence-corrected chi connectivity index (χ4v) is 2.31. The SMILES string of the molecule is NCc1cn(Cc2ccc(F)cc2F)c2ncccc12. The van der Waals surface area contributed by atoms with Crippen molar-refractivity contribution in [3.63, 3.8) is 0 Å². The first kappa shape index (κ1) is 12.7. The molecule has 0 aliphatic heterocycles. The number of rotatable bonds is 3. The lowest BCUT2D eigenvalue weighted by Gasteiger charge is -2.06. The lowest BCUT2D eigenvalue weighted by atomic mass is 10.2. The highest BCUT2D eigenvalue weighted by molar-refractivity contribution is 5.80. The van der Waals surface area contributed by atoms with E-state index in [0.717, 1.165) is 22.7 Å². The van der Waals surface area contributed by atoms with E-state index in [4.69, 9.17) is 5.73 Å². The van der Waals surface area contributed by atoms with Gasteiger partial charge in [0.2, 0.25) is 0 Å². The summed E-state index contributed by atoms with van der Waals surface area (Å²) < 4.78 is 28.5. The summed E-state index contributed by atoms with van der Waals surface area (Å²) in [4.78, 5) is 4.30. The van der Waals surface area contributed by atoms with Gasteiger partial charge in [0.25, 0.3) is 0 Å². The number of nitrogens with zero attached hydrogens (tertiary/aromatic N) is 2. The molecule has 0 aliphatic carbocycles. The highest BCUT2D eigenvalue weighted by Crippen LogP contribution is 2.21. The van der Waals surface area contributed by atoms with Gasteiger partial charge in [-0.3, -0.25) is 0 Å². The lowest BCUT2D eigenvalue weighted by molar-refractivity contribution is 0.567. The quantitative estimate of drug-likeness (QED) is 0.797. The number of hydrogen-bond acceptors (Lipinski definition) is 2. The highest BCUT2D eigenvalue weighted by Gasteiger charge is 2.10. The Kier molecular flexibility index (Phi) is 3.20. The summed E-state index contributed by atoms with van der Waals surface area (Å²) in [6.45, 7) is 0.681. The van der Waals surface area contributed by atoms with Crippen LogP contribution in [0.1, 0.15) is 11.1 Å². The van der Waals surface area contributed by atoms with Crippen molar-refractivity contribution in [2.75, 3.05) is 0 Å². The maximum absolute atomic E-state index is 13.7. The Labute approximate surface area is 114 Å². The Morgan fingerprint density at radius 3 is 2.75 bits per heavy atom. The van der Waals surface area contributed by atoms with E-state index in [1.807, 2.05) is 22.9 Å². The Balaban J connectivity index is 2.06. The minimum Gasteiger partial charge on any atom is -0.328 e. The number of fused-ring (bicyclic) bond motifs is 1. The molecule has 0 saturated carbocycles. The summed E-state index contributed by atoms with van der Waals surface area (Å²) >= 11 is 0. The van der Waals surface area contributed by atoms with Gasteiger partial charge in [0, 0.05) is 36.0 Å². The molecule has 1 aromatic carbocycles. The molecule has 2 N–H and O–H groups in total. The first-order chi connectivity index (χ1) is 9.69. The van der Waals surface area contributed by atoms with Crippen LogP contribution in [0.25, 0.3) is 11.0 Å². The third kappa shape index (κ3) is 2.16. The zero-order chi connectivity index (χ0) is 14.1. The maximum Gasteiger partial charge on any atom is 0.140 e. The minimum atomic E-state index is -0.579. The summed E-state index contributed by atoms with van der Waals surface area (Å²) in [5, 5.41) is 0.956. The van der Waals surface area contributed by atoms with Gasteiger partial charge in [-0.2, -0.15) is 0 Å². The van der Waals surface area contributed by atoms with Crippen molar-refractivity contribution in [3.8, 4) is 0 Å². The average molecular weight is 273 g/mol. The van der Waals surface area contributed by atoms with Crippen molar-refractivity contribution >= 4 is 11.0 Å². The molecule has 3 aromatic rings. The molecule has 0 unspecified atom stereocenters. The van der Waals surface area contributed by atoms with Gasteiger partial charge in [-0.1, -0.05) is 6.07 Å². The van der Waals surface area contributed by atoms with Gasteiger partial charge in [-0.05, 0) is 23.8 Å². The van der Waals surface area contributed by atoms with E-state index in [2.05, 4.69) is 4.98 Å². The Bertz CT molecular complexity index is 765. The van der Waals surface area contributed by atoms with E-state index in [0.29, 0.717) is 18.7 Å². The summed E-state index contributed by atoms with van der Waals surface area (Å²) in [6, 6.07) is 7.35. The van der Waals surface area contributed by atoms with Crippen LogP contribution in [0.15, 0.2) is 42.7 Å². The number of pyridine rings is 1. The Morgan fingerprint density at radius 2 is 2.00 bits per heavy atom. The van der Waals surface area contributed by atoms with E-state index in [9.17, 15) is 8.78 Å². The molecule has 3 nitrogen and oxygen atoms in total. The summed E-state index contributed by atoms with van der Waals surface area (Å²) in [5.41, 5.74) is 7.82. The Morgan fingerprint density at radius 1 is 1.15 bits per heavy atom. The molecular weight excluding hydrogens is 260 g/mol. The van der Waals surface area contributed by atoms with Gasteiger partial charge in [-0.15, -0.1) is 0 Å². The molecular formula is C15H13F2N3. The third-order valence-electron chi connectivity index (χ3n) is 3.29. The lowest BCUT2D eigenvalue weighted by Crippen LogP contribution is -2.02. The van der Waals surface area contributed by atoms with Crippen molar-refractivity contribution in [2.45, 2.75) is 13.1 Å². The molecule has 2 aromatic heterocycles. The number of nitrogens with two attached hydrogens (primary N) is 1. The molecule has 0 amide bonds. The van der Waals surface area contributed by atoms with Crippen LogP contribution in [0.4, 0.5) is 8.78 Å². The van der Waals surface area contributed by atoms with Gasteiger partial charge in [-0.25, -0.2) is 13.8 Å². The third-order valence-corrected chi connectivity index (χ3v) is 3.29. The highest BCUT2D eigenvalue weighted by atomic mass is 19.1. The monoisotopic (exact) mass is 273 g/mol. The smallest absolute Gasteiger partial charge is 0.140 e. The van der Waals surface area contributed by atoms with Crippen molar-refractivity contribution in [1.29, 1.82) is 0 Å². The van der Waals surface area contributed by atoms with Gasteiger partial charge in [0.15, 0.2) is 0 Å². The summed E-state index contributed by atoms with van der Waals surface area (Å²) in [6.07, 6.45) is 3.54. The van der Waals surface area contributed by atoms with Crippen LogP contribution in [-0.2, 0) is 13.1 Å². The van der Waals surface area contributed by atoms with Gasteiger partial charge in [0.1, 0.15) is 17.3 Å². The second kappa shape index (κ2) is 5.02. The maximum atomic E-state index is 13.7. The number of halogens is 2. The standard InChI is InChI=1S/C15H13F2N3/c16-12-4-3-10(14(17)6-12)8-20-9-11(7-18)13-2-1-5-19-15(13)20/h1-6,9H,7-8,18H2. The first-order valence-electron chi connectivity index (χ1n) is 6.26. The van der Waals surface area contributed by atoms with Gasteiger partial charge < -0.3 is 10.3 Å². The van der Waals surface area contributed by atoms with Gasteiger partial charge >= 0.3 is 0 Å². The zero-order valence-corrected chi connectivity index (χ0v) is 10.7. The largest absolute Gasteiger partial charge is 0.328 e. The van der Waals surface area contributed by atoms with Crippen LogP contribution < -0.4 is 5.73 Å². The molecule has 0 spiro atoms. The average Bonchev–Trinajstić information content (AvgIpc) is 2.80. The van der Waals surface area contributed by atoms with Crippen LogP contribution in [0.5, 0.6) is 0 Å². The fourth-order valence-electron chi connectivity index (χ4n) is 2.31. The van der Waals surface area contributed by atoms with Crippen LogP contribution >= 0.6 is 0 Å². The molecule has 0 atom stereocenters. The Hall–Kier alpha value is -2.27. The molecule has 0 fully saturated rings. The number of benzene rings is 1. The van der Waals surface area contributed by atoms with Crippen LogP contribution in [0, 0.1) is 11.6 Å². The van der Waals surface area contributed by atoms with Gasteiger partial charge in [0.05, 0.1) is 6.54 Å². The fraction of sp³-hybridized carbons (Fsp3) is 0.133. The van der Waals surface area contributed by atoms with E-state index in [1.54, 1.807) is 6.20 Å². The summed E-state index contributed by atoms with van der Waals surface area (Å²) in [5.74, 6) is -1.14. The second-order valence-corrected chi connectivity index (χ2v) is 4.60. The molecule has 0 aliphatic rings. The molecule has 20 heavy (non-hydrogen) atoms. The van der Waals surface area contributed by atoms with E-state index in [-0.39, 0.29) is 0 Å². The summed E-state index contributed by atoms with van der Waals surface area (Å²) in [7, 11) is 0. The first-order valence-corrected chi connectivity index (χ1v) is 6.26. The number of aromatic nitrogens is 2. The molecule has 0 saturated heterocycles. The predicted octanol–water partition coefficient (Wildman–Crippen LogP) is 2.82. The van der Waals surface area contributed by atoms with Crippen molar-refractivity contribution in [3.05, 3.63) is 65.5 Å². The van der Waals surface area contributed by atoms with Crippen molar-refractivity contribution < 1.29 is 8.78 Å². The molecule has 102 valence electrons. The van der Waals surface area contributed by atoms with Crippen molar-refractivity contribution in [2.24, 2.45) is 5.73 Å². The molecule has 0 bridgehead atoms. The normalized spacial score (nSPS) is 11.2. The van der Waals surface area contributed by atoms with Crippen LogP contribution in [-0.4, -0.2) is 9.55 Å².